The number of anilines is 2. The van der Waals surface area contributed by atoms with Crippen molar-refractivity contribution in [2.45, 2.75) is 44.8 Å². The minimum Gasteiger partial charge on any atom is -0.431 e. The first-order valence-electron chi connectivity index (χ1n) is 11.5. The summed E-state index contributed by atoms with van der Waals surface area (Å²) in [5.74, 6) is 2.42. The highest BCUT2D eigenvalue weighted by Crippen LogP contribution is 2.58. The first-order chi connectivity index (χ1) is 15.9. The molecule has 33 heavy (non-hydrogen) atoms. The van der Waals surface area contributed by atoms with Crippen LogP contribution in [0.15, 0.2) is 18.3 Å². The molecule has 2 aliphatic carbocycles. The van der Waals surface area contributed by atoms with Crippen LogP contribution < -0.4 is 15.4 Å². The fourth-order valence-corrected chi connectivity index (χ4v) is 5.85. The molecular weight excluding hydrogens is 430 g/mol. The highest BCUT2D eigenvalue weighted by molar-refractivity contribution is 5.76. The summed E-state index contributed by atoms with van der Waals surface area (Å²) in [4.78, 5) is 30.1. The zero-order valence-corrected chi connectivity index (χ0v) is 18.3. The molecule has 2 aromatic rings. The number of nitrogen functional groups attached to an aromatic ring is 1. The zero-order valence-electron chi connectivity index (χ0n) is 18.3. The number of carbonyl (C=O) groups excluding carboxylic acids is 1. The number of nitrogens with zero attached hydrogens (tertiary/aromatic N) is 5. The van der Waals surface area contributed by atoms with E-state index in [1.54, 1.807) is 0 Å². The van der Waals surface area contributed by atoms with E-state index >= 15 is 0 Å². The van der Waals surface area contributed by atoms with Gasteiger partial charge < -0.3 is 20.3 Å². The second-order valence-corrected chi connectivity index (χ2v) is 9.61. The summed E-state index contributed by atoms with van der Waals surface area (Å²) in [6.45, 7) is 1.38. The van der Waals surface area contributed by atoms with Crippen molar-refractivity contribution in [2.75, 3.05) is 30.3 Å². The first kappa shape index (κ1) is 20.6. The SMILES string of the molecule is CCC(=O)N1C[C@@H]2[C@H](C1)[C@H]2c1cc(-c2cnc(N)c(OC(F)F)c2)nc(N2CC3CC2C3)n1. The topological polar surface area (TPSA) is 97.5 Å². The Balaban J connectivity index is 1.34. The van der Waals surface area contributed by atoms with E-state index < -0.39 is 6.61 Å². The number of alkyl halides is 2. The van der Waals surface area contributed by atoms with Gasteiger partial charge in [0.15, 0.2) is 11.6 Å². The maximum absolute atomic E-state index is 12.8. The third-order valence-corrected chi connectivity index (χ3v) is 7.68. The second kappa shape index (κ2) is 7.50. The van der Waals surface area contributed by atoms with E-state index in [9.17, 15) is 13.6 Å². The Labute approximate surface area is 190 Å². The van der Waals surface area contributed by atoms with Crippen LogP contribution >= 0.6 is 0 Å². The number of pyridine rings is 1. The average molecular weight is 456 g/mol. The molecule has 2 bridgehead atoms. The molecule has 0 aromatic carbocycles. The highest BCUT2D eigenvalue weighted by atomic mass is 19.3. The number of fused-ring (bicyclic) bond motifs is 2. The lowest BCUT2D eigenvalue weighted by Gasteiger charge is -2.26. The van der Waals surface area contributed by atoms with Crippen LogP contribution in [0, 0.1) is 17.8 Å². The van der Waals surface area contributed by atoms with E-state index in [4.69, 9.17) is 15.7 Å². The average Bonchev–Trinajstić information content (AvgIpc) is 3.18. The Kier molecular flexibility index (Phi) is 4.67. The number of hydrogen-bond acceptors (Lipinski definition) is 7. The van der Waals surface area contributed by atoms with Gasteiger partial charge in [0.25, 0.3) is 0 Å². The van der Waals surface area contributed by atoms with Crippen LogP contribution in [0.2, 0.25) is 0 Å². The number of aromatic nitrogens is 3. The molecule has 3 aliphatic heterocycles. The number of ether oxygens (including phenoxy) is 1. The van der Waals surface area contributed by atoms with Crippen molar-refractivity contribution in [1.29, 1.82) is 0 Å². The summed E-state index contributed by atoms with van der Waals surface area (Å²) < 4.78 is 30.2. The molecule has 3 atom stereocenters. The van der Waals surface area contributed by atoms with Gasteiger partial charge in [0.05, 0.1) is 11.4 Å². The maximum Gasteiger partial charge on any atom is 0.387 e. The summed E-state index contributed by atoms with van der Waals surface area (Å²) in [6.07, 6.45) is 4.39. The van der Waals surface area contributed by atoms with Crippen LogP contribution in [-0.4, -0.2) is 58.0 Å². The van der Waals surface area contributed by atoms with Crippen molar-refractivity contribution in [3.05, 3.63) is 24.0 Å². The Hall–Kier alpha value is -3.04. The third-order valence-electron chi connectivity index (χ3n) is 7.68. The van der Waals surface area contributed by atoms with Gasteiger partial charge in [0.2, 0.25) is 11.9 Å². The van der Waals surface area contributed by atoms with Gasteiger partial charge in [-0.05, 0) is 42.7 Å². The lowest BCUT2D eigenvalue weighted by molar-refractivity contribution is -0.130. The van der Waals surface area contributed by atoms with Crippen LogP contribution in [0.4, 0.5) is 20.5 Å². The van der Waals surface area contributed by atoms with Crippen LogP contribution in [-0.2, 0) is 4.79 Å². The zero-order chi connectivity index (χ0) is 22.9. The number of amides is 1. The minimum atomic E-state index is -2.99. The van der Waals surface area contributed by atoms with Gasteiger partial charge in [0, 0.05) is 49.8 Å². The van der Waals surface area contributed by atoms with Crippen LogP contribution in [0.25, 0.3) is 11.3 Å². The molecule has 2 aromatic heterocycles. The third kappa shape index (κ3) is 3.46. The van der Waals surface area contributed by atoms with Crippen molar-refractivity contribution < 1.29 is 18.3 Å². The number of hydrogen-bond donors (Lipinski definition) is 1. The van der Waals surface area contributed by atoms with Crippen molar-refractivity contribution in [3.8, 4) is 17.0 Å². The molecule has 5 heterocycles. The number of rotatable bonds is 6. The smallest absolute Gasteiger partial charge is 0.387 e. The lowest BCUT2D eigenvalue weighted by Crippen LogP contribution is -2.31. The van der Waals surface area contributed by atoms with Gasteiger partial charge >= 0.3 is 6.61 Å². The van der Waals surface area contributed by atoms with E-state index in [1.807, 2.05) is 17.9 Å². The highest BCUT2D eigenvalue weighted by Gasteiger charge is 2.58. The molecule has 174 valence electrons. The Morgan fingerprint density at radius 1 is 1.21 bits per heavy atom. The van der Waals surface area contributed by atoms with Gasteiger partial charge in [-0.1, -0.05) is 6.92 Å². The van der Waals surface area contributed by atoms with Crippen LogP contribution in [0.5, 0.6) is 5.75 Å². The molecule has 0 spiro atoms. The summed E-state index contributed by atoms with van der Waals surface area (Å²) in [6, 6.07) is 3.86. The van der Waals surface area contributed by atoms with E-state index in [2.05, 4.69) is 14.6 Å². The number of halogens is 2. The van der Waals surface area contributed by atoms with E-state index in [0.29, 0.717) is 47.4 Å². The molecule has 2 N–H and O–H groups in total. The predicted molar refractivity (Wildman–Crippen MR) is 117 cm³/mol. The monoisotopic (exact) mass is 456 g/mol. The molecule has 7 rings (SSSR count). The van der Waals surface area contributed by atoms with Gasteiger partial charge in [-0.15, -0.1) is 0 Å². The van der Waals surface area contributed by atoms with Gasteiger partial charge in [-0.25, -0.2) is 15.0 Å². The Morgan fingerprint density at radius 3 is 2.61 bits per heavy atom. The second-order valence-electron chi connectivity index (χ2n) is 9.61. The molecule has 8 nitrogen and oxygen atoms in total. The quantitative estimate of drug-likeness (QED) is 0.714. The number of carbonyl (C=O) groups is 1. The molecule has 1 amide bonds. The van der Waals surface area contributed by atoms with Crippen molar-refractivity contribution in [3.63, 3.8) is 0 Å². The van der Waals surface area contributed by atoms with E-state index in [1.165, 1.54) is 25.1 Å². The standard InChI is InChI=1S/C23H26F2N6O2/c1-2-19(32)30-9-14-15(10-30)20(14)17-6-16(12-5-18(33-22(24)25)21(26)27-7-12)28-23(29-17)31-8-11-3-13(31)4-11/h5-7,11,13-15,20,22H,2-4,8-10H2,1H3,(H2,26,27)/t11?,13?,14-,15+,20+. The first-order valence-corrected chi connectivity index (χ1v) is 11.5. The predicted octanol–water partition coefficient (Wildman–Crippen LogP) is 2.90. The number of nitrogens with two attached hydrogens (primary N) is 1. The Bertz CT molecular complexity index is 1100. The molecule has 2 saturated carbocycles. The van der Waals surface area contributed by atoms with E-state index in [0.717, 1.165) is 25.3 Å². The molecule has 0 radical (unpaired) electrons. The summed E-state index contributed by atoms with van der Waals surface area (Å²) in [7, 11) is 0. The minimum absolute atomic E-state index is 0.0914. The van der Waals surface area contributed by atoms with Crippen molar-refractivity contribution in [2.24, 2.45) is 17.8 Å². The molecule has 5 aliphatic rings. The maximum atomic E-state index is 12.8. The molecule has 10 heteroatoms. The van der Waals surface area contributed by atoms with Gasteiger partial charge in [-0.2, -0.15) is 8.78 Å². The number of piperidine rings is 1. The van der Waals surface area contributed by atoms with Crippen LogP contribution in [0.1, 0.15) is 37.8 Å². The van der Waals surface area contributed by atoms with E-state index in [-0.39, 0.29) is 23.4 Å². The Morgan fingerprint density at radius 2 is 1.97 bits per heavy atom. The van der Waals surface area contributed by atoms with Gasteiger partial charge in [-0.3, -0.25) is 4.79 Å². The lowest BCUT2D eigenvalue weighted by atomic mass is 9.86. The summed E-state index contributed by atoms with van der Waals surface area (Å²) in [5, 5.41) is 0. The fourth-order valence-electron chi connectivity index (χ4n) is 5.85. The molecule has 0 unspecified atom stereocenters. The largest absolute Gasteiger partial charge is 0.431 e. The molecule has 5 fully saturated rings. The molecular formula is C23H26F2N6O2. The van der Waals surface area contributed by atoms with Crippen molar-refractivity contribution >= 4 is 17.7 Å². The fraction of sp³-hybridized carbons (Fsp3) is 0.565. The van der Waals surface area contributed by atoms with Gasteiger partial charge in [0.1, 0.15) is 0 Å². The van der Waals surface area contributed by atoms with Crippen molar-refractivity contribution in [1.82, 2.24) is 19.9 Å². The molecule has 3 saturated heterocycles. The van der Waals surface area contributed by atoms with Crippen LogP contribution in [0.3, 0.4) is 0 Å². The normalized spacial score (nSPS) is 29.3. The number of likely N-dealkylation sites (tertiary alicyclic amines) is 1. The summed E-state index contributed by atoms with van der Waals surface area (Å²) >= 11 is 0. The summed E-state index contributed by atoms with van der Waals surface area (Å²) in [5.41, 5.74) is 7.86.